The molecule has 0 aliphatic heterocycles. The molecule has 3 aromatic rings. The molecule has 5 heteroatoms. The fourth-order valence-electron chi connectivity index (χ4n) is 2.35. The van der Waals surface area contributed by atoms with E-state index in [0.717, 1.165) is 22.2 Å². The summed E-state index contributed by atoms with van der Waals surface area (Å²) in [5.74, 6) is -0.0567. The van der Waals surface area contributed by atoms with Gasteiger partial charge in [-0.2, -0.15) is 5.10 Å². The Morgan fingerprint density at radius 1 is 1.24 bits per heavy atom. The van der Waals surface area contributed by atoms with Gasteiger partial charge in [0.1, 0.15) is 10.8 Å². The first-order valence-electron chi connectivity index (χ1n) is 6.63. The molecule has 0 bridgehead atoms. The van der Waals surface area contributed by atoms with Crippen LogP contribution in [0.1, 0.15) is 21.7 Å². The summed E-state index contributed by atoms with van der Waals surface area (Å²) in [6.07, 6.45) is 0.212. The van der Waals surface area contributed by atoms with E-state index in [1.807, 2.05) is 37.3 Å². The maximum atomic E-state index is 12.4. The van der Waals surface area contributed by atoms with Crippen LogP contribution in [-0.4, -0.2) is 20.5 Å². The van der Waals surface area contributed by atoms with Crippen LogP contribution in [-0.2, 0) is 13.5 Å². The molecule has 0 aliphatic carbocycles. The number of para-hydroxylation sites is 1. The molecule has 0 unspecified atom stereocenters. The Hall–Kier alpha value is -2.20. The number of Topliss-reactive ketones (excluding diaryl/α,β-unsaturated/α-hetero) is 1. The summed E-state index contributed by atoms with van der Waals surface area (Å²) in [6, 6.07) is 11.4. The SMILES string of the molecule is Cc1nn(C)c(Cl)c1CC(=O)c1ccc2ccccc2n1. The van der Waals surface area contributed by atoms with Crippen LogP contribution in [0.3, 0.4) is 0 Å². The molecule has 0 fully saturated rings. The van der Waals surface area contributed by atoms with Crippen molar-refractivity contribution in [3.05, 3.63) is 58.5 Å². The molecule has 0 N–H and O–H groups in total. The van der Waals surface area contributed by atoms with Crippen molar-refractivity contribution in [3.63, 3.8) is 0 Å². The first-order valence-corrected chi connectivity index (χ1v) is 7.01. The lowest BCUT2D eigenvalue weighted by Crippen LogP contribution is -2.07. The van der Waals surface area contributed by atoms with Crippen molar-refractivity contribution in [2.24, 2.45) is 7.05 Å². The topological polar surface area (TPSA) is 47.8 Å². The first kappa shape index (κ1) is 13.8. The summed E-state index contributed by atoms with van der Waals surface area (Å²) >= 11 is 6.17. The molecule has 106 valence electrons. The highest BCUT2D eigenvalue weighted by atomic mass is 35.5. The zero-order valence-electron chi connectivity index (χ0n) is 11.8. The van der Waals surface area contributed by atoms with E-state index in [1.54, 1.807) is 17.8 Å². The lowest BCUT2D eigenvalue weighted by Gasteiger charge is -2.03. The number of hydrogen-bond acceptors (Lipinski definition) is 3. The number of fused-ring (bicyclic) bond motifs is 1. The van der Waals surface area contributed by atoms with Gasteiger partial charge in [-0.25, -0.2) is 4.98 Å². The molecule has 1 aromatic carbocycles. The molecule has 21 heavy (non-hydrogen) atoms. The van der Waals surface area contributed by atoms with E-state index in [1.165, 1.54) is 0 Å². The average Bonchev–Trinajstić information content (AvgIpc) is 2.73. The van der Waals surface area contributed by atoms with E-state index < -0.39 is 0 Å². The molecule has 4 nitrogen and oxygen atoms in total. The van der Waals surface area contributed by atoms with Crippen LogP contribution in [0.4, 0.5) is 0 Å². The Bertz CT molecular complexity index is 839. The van der Waals surface area contributed by atoms with E-state index in [9.17, 15) is 4.79 Å². The Labute approximate surface area is 127 Å². The Morgan fingerprint density at radius 2 is 2.00 bits per heavy atom. The molecule has 0 saturated heterocycles. The van der Waals surface area contributed by atoms with Gasteiger partial charge >= 0.3 is 0 Å². The predicted molar refractivity (Wildman–Crippen MR) is 82.7 cm³/mol. The van der Waals surface area contributed by atoms with Crippen LogP contribution < -0.4 is 0 Å². The zero-order chi connectivity index (χ0) is 15.0. The second-order valence-corrected chi connectivity index (χ2v) is 5.33. The number of rotatable bonds is 3. The molecule has 2 heterocycles. The molecule has 2 aromatic heterocycles. The molecule has 0 amide bonds. The van der Waals surface area contributed by atoms with Crippen molar-refractivity contribution in [3.8, 4) is 0 Å². The maximum absolute atomic E-state index is 12.4. The molecule has 0 atom stereocenters. The fourth-order valence-corrected chi connectivity index (χ4v) is 2.59. The Balaban J connectivity index is 1.93. The normalized spacial score (nSPS) is 11.0. The van der Waals surface area contributed by atoms with Crippen LogP contribution in [0.2, 0.25) is 5.15 Å². The number of halogens is 1. The van der Waals surface area contributed by atoms with E-state index >= 15 is 0 Å². The third-order valence-electron chi connectivity index (χ3n) is 3.49. The van der Waals surface area contributed by atoms with Crippen molar-refractivity contribution < 1.29 is 4.79 Å². The van der Waals surface area contributed by atoms with Crippen LogP contribution in [0.15, 0.2) is 36.4 Å². The first-order chi connectivity index (χ1) is 10.1. The number of ketones is 1. The molecule has 0 radical (unpaired) electrons. The van der Waals surface area contributed by atoms with Gasteiger partial charge in [-0.05, 0) is 19.1 Å². The van der Waals surface area contributed by atoms with Gasteiger partial charge in [-0.15, -0.1) is 0 Å². The largest absolute Gasteiger partial charge is 0.292 e. The highest BCUT2D eigenvalue weighted by Crippen LogP contribution is 2.21. The lowest BCUT2D eigenvalue weighted by atomic mass is 10.1. The monoisotopic (exact) mass is 299 g/mol. The van der Waals surface area contributed by atoms with Crippen LogP contribution in [0, 0.1) is 6.92 Å². The summed E-state index contributed by atoms with van der Waals surface area (Å²) in [4.78, 5) is 16.8. The molecular weight excluding hydrogens is 286 g/mol. The highest BCUT2D eigenvalue weighted by molar-refractivity contribution is 6.30. The van der Waals surface area contributed by atoms with Crippen molar-refractivity contribution >= 4 is 28.3 Å². The van der Waals surface area contributed by atoms with Crippen LogP contribution >= 0.6 is 11.6 Å². The van der Waals surface area contributed by atoms with Crippen molar-refractivity contribution in [2.45, 2.75) is 13.3 Å². The summed E-state index contributed by atoms with van der Waals surface area (Å²) in [5.41, 5.74) is 2.81. The summed E-state index contributed by atoms with van der Waals surface area (Å²) in [7, 11) is 1.76. The summed E-state index contributed by atoms with van der Waals surface area (Å²) in [6.45, 7) is 1.85. The van der Waals surface area contributed by atoms with E-state index in [0.29, 0.717) is 10.8 Å². The van der Waals surface area contributed by atoms with Crippen molar-refractivity contribution in [1.29, 1.82) is 0 Å². The number of benzene rings is 1. The number of carbonyl (C=O) groups is 1. The zero-order valence-corrected chi connectivity index (χ0v) is 12.6. The summed E-state index contributed by atoms with van der Waals surface area (Å²) in [5, 5.41) is 5.74. The van der Waals surface area contributed by atoms with Crippen LogP contribution in [0.25, 0.3) is 10.9 Å². The third-order valence-corrected chi connectivity index (χ3v) is 3.96. The number of carbonyl (C=O) groups excluding carboxylic acids is 1. The average molecular weight is 300 g/mol. The van der Waals surface area contributed by atoms with Crippen molar-refractivity contribution in [1.82, 2.24) is 14.8 Å². The van der Waals surface area contributed by atoms with Gasteiger partial charge in [0, 0.05) is 24.4 Å². The van der Waals surface area contributed by atoms with Gasteiger partial charge in [0.2, 0.25) is 0 Å². The molecule has 0 aliphatic rings. The summed E-state index contributed by atoms with van der Waals surface area (Å²) < 4.78 is 1.58. The van der Waals surface area contributed by atoms with Gasteiger partial charge in [-0.3, -0.25) is 9.48 Å². The van der Waals surface area contributed by atoms with Gasteiger partial charge in [-0.1, -0.05) is 35.9 Å². The predicted octanol–water partition coefficient (Wildman–Crippen LogP) is 3.36. The van der Waals surface area contributed by atoms with E-state index in [-0.39, 0.29) is 12.2 Å². The second kappa shape index (κ2) is 5.30. The smallest absolute Gasteiger partial charge is 0.185 e. The molecule has 0 saturated carbocycles. The van der Waals surface area contributed by atoms with E-state index in [4.69, 9.17) is 11.6 Å². The number of pyridine rings is 1. The maximum Gasteiger partial charge on any atom is 0.185 e. The van der Waals surface area contributed by atoms with E-state index in [2.05, 4.69) is 10.1 Å². The Kier molecular flexibility index (Phi) is 3.47. The Morgan fingerprint density at radius 3 is 2.71 bits per heavy atom. The molecule has 3 rings (SSSR count). The lowest BCUT2D eigenvalue weighted by molar-refractivity contribution is 0.0988. The standard InChI is InChI=1S/C16H14ClN3O/c1-10-12(16(17)20(2)19-10)9-15(21)14-8-7-11-5-3-4-6-13(11)18-14/h3-8H,9H2,1-2H3. The van der Waals surface area contributed by atoms with Crippen LogP contribution in [0.5, 0.6) is 0 Å². The highest BCUT2D eigenvalue weighted by Gasteiger charge is 2.17. The van der Waals surface area contributed by atoms with Gasteiger partial charge in [0.15, 0.2) is 5.78 Å². The van der Waals surface area contributed by atoms with Crippen molar-refractivity contribution in [2.75, 3.05) is 0 Å². The number of hydrogen-bond donors (Lipinski definition) is 0. The minimum Gasteiger partial charge on any atom is -0.292 e. The molecule has 0 spiro atoms. The number of aromatic nitrogens is 3. The minimum atomic E-state index is -0.0567. The van der Waals surface area contributed by atoms with Gasteiger partial charge in [0.05, 0.1) is 11.2 Å². The third kappa shape index (κ3) is 2.54. The van der Waals surface area contributed by atoms with Gasteiger partial charge < -0.3 is 0 Å². The van der Waals surface area contributed by atoms with Gasteiger partial charge in [0.25, 0.3) is 0 Å². The quantitative estimate of drug-likeness (QED) is 0.697. The second-order valence-electron chi connectivity index (χ2n) is 4.97. The molecular formula is C16H14ClN3O. The minimum absolute atomic E-state index is 0.0567. The number of nitrogens with zero attached hydrogens (tertiary/aromatic N) is 3. The fraction of sp³-hybridized carbons (Fsp3) is 0.188. The number of aryl methyl sites for hydroxylation is 2.